The molecule has 3 aromatic rings. The van der Waals surface area contributed by atoms with Gasteiger partial charge in [-0.25, -0.2) is 0 Å². The summed E-state index contributed by atoms with van der Waals surface area (Å²) in [6, 6.07) is 9.65. The number of aromatic nitrogens is 4. The van der Waals surface area contributed by atoms with Gasteiger partial charge in [-0.1, -0.05) is 49.7 Å². The number of fused-ring (bicyclic) bond motifs is 1. The number of ether oxygens (including phenoxy) is 1. The molecule has 0 bridgehead atoms. The quantitative estimate of drug-likeness (QED) is 0.688. The highest BCUT2D eigenvalue weighted by molar-refractivity contribution is 6.30. The number of rotatable bonds is 2. The second-order valence-electron chi connectivity index (χ2n) is 7.23. The van der Waals surface area contributed by atoms with Gasteiger partial charge in [0.15, 0.2) is 11.5 Å². The summed E-state index contributed by atoms with van der Waals surface area (Å²) in [6.07, 6.45) is -0.0506. The van der Waals surface area contributed by atoms with Crippen molar-refractivity contribution in [1.82, 2.24) is 19.9 Å². The van der Waals surface area contributed by atoms with E-state index < -0.39 is 0 Å². The third-order valence-electron chi connectivity index (χ3n) is 4.19. The third-order valence-corrected chi connectivity index (χ3v) is 4.44. The first-order chi connectivity index (χ1) is 11.9. The van der Waals surface area contributed by atoms with Gasteiger partial charge in [0.05, 0.1) is 18.8 Å². The second kappa shape index (κ2) is 5.97. The number of benzene rings is 1. The summed E-state index contributed by atoms with van der Waals surface area (Å²) in [5.74, 6) is 1.11. The van der Waals surface area contributed by atoms with Crippen molar-refractivity contribution < 1.29 is 9.26 Å². The van der Waals surface area contributed by atoms with E-state index >= 15 is 0 Å². The maximum absolute atomic E-state index is 5.97. The average molecular weight is 359 g/mol. The van der Waals surface area contributed by atoms with Crippen molar-refractivity contribution in [3.8, 4) is 11.6 Å². The molecule has 4 rings (SSSR count). The predicted molar refractivity (Wildman–Crippen MR) is 93.2 cm³/mol. The van der Waals surface area contributed by atoms with E-state index in [2.05, 4.69) is 15.2 Å². The minimum Gasteiger partial charge on any atom is -0.365 e. The predicted octanol–water partition coefficient (Wildman–Crippen LogP) is 4.16. The molecule has 2 aromatic heterocycles. The number of hydrogen-bond donors (Lipinski definition) is 0. The summed E-state index contributed by atoms with van der Waals surface area (Å²) in [5, 5.41) is 9.40. The molecule has 0 saturated heterocycles. The molecule has 3 heterocycles. The molecule has 0 spiro atoms. The van der Waals surface area contributed by atoms with Gasteiger partial charge in [0.1, 0.15) is 6.10 Å². The Hall–Kier alpha value is -2.18. The zero-order valence-electron chi connectivity index (χ0n) is 14.4. The fraction of sp³-hybridized carbons (Fsp3) is 0.389. The van der Waals surface area contributed by atoms with Crippen LogP contribution in [0.5, 0.6) is 0 Å². The molecule has 0 N–H and O–H groups in total. The van der Waals surface area contributed by atoms with Gasteiger partial charge in [-0.2, -0.15) is 10.1 Å². The van der Waals surface area contributed by atoms with Gasteiger partial charge < -0.3 is 9.26 Å². The number of nitrogens with zero attached hydrogens (tertiary/aromatic N) is 4. The summed E-state index contributed by atoms with van der Waals surface area (Å²) in [6.45, 7) is 7.26. The van der Waals surface area contributed by atoms with Crippen molar-refractivity contribution in [3.05, 3.63) is 52.4 Å². The summed E-state index contributed by atoms with van der Waals surface area (Å²) in [5.41, 5.74) is 2.60. The molecule has 6 nitrogen and oxygen atoms in total. The molecule has 1 aliphatic heterocycles. The van der Waals surface area contributed by atoms with Crippen LogP contribution in [-0.2, 0) is 23.3 Å². The lowest BCUT2D eigenvalue weighted by atomic mass is 9.96. The molecule has 0 radical (unpaired) electrons. The molecule has 0 fully saturated rings. The maximum atomic E-state index is 5.97. The lowest BCUT2D eigenvalue weighted by Gasteiger charge is -2.24. The molecular formula is C18H19ClN4O2. The Balaban J connectivity index is 1.58. The first-order valence-electron chi connectivity index (χ1n) is 8.18. The van der Waals surface area contributed by atoms with Gasteiger partial charge in [-0.15, -0.1) is 0 Å². The molecule has 130 valence electrons. The van der Waals surface area contributed by atoms with Crippen LogP contribution in [0.2, 0.25) is 5.02 Å². The van der Waals surface area contributed by atoms with Crippen LogP contribution in [0.1, 0.15) is 44.0 Å². The van der Waals surface area contributed by atoms with Gasteiger partial charge in [0.2, 0.25) is 0 Å². The molecule has 1 aliphatic rings. The Kier molecular flexibility index (Phi) is 3.89. The fourth-order valence-electron chi connectivity index (χ4n) is 2.74. The summed E-state index contributed by atoms with van der Waals surface area (Å²) in [4.78, 5) is 4.47. The van der Waals surface area contributed by atoms with Crippen LogP contribution < -0.4 is 0 Å². The van der Waals surface area contributed by atoms with E-state index in [4.69, 9.17) is 20.9 Å². The Bertz CT molecular complexity index is 893. The van der Waals surface area contributed by atoms with Gasteiger partial charge in [0.25, 0.3) is 5.89 Å². The molecule has 25 heavy (non-hydrogen) atoms. The van der Waals surface area contributed by atoms with Crippen molar-refractivity contribution in [3.63, 3.8) is 0 Å². The van der Waals surface area contributed by atoms with Gasteiger partial charge in [-0.05, 0) is 23.8 Å². The number of hydrogen-bond acceptors (Lipinski definition) is 5. The topological polar surface area (TPSA) is 66.0 Å². The zero-order chi connectivity index (χ0) is 17.6. The van der Waals surface area contributed by atoms with Crippen molar-refractivity contribution >= 4 is 11.6 Å². The minimum absolute atomic E-state index is 0.0506. The fourth-order valence-corrected chi connectivity index (χ4v) is 2.87. The first-order valence-corrected chi connectivity index (χ1v) is 8.56. The Morgan fingerprint density at radius 3 is 2.64 bits per heavy atom. The molecular weight excluding hydrogens is 340 g/mol. The first kappa shape index (κ1) is 16.3. The van der Waals surface area contributed by atoms with Crippen molar-refractivity contribution in [1.29, 1.82) is 0 Å². The summed E-state index contributed by atoms with van der Waals surface area (Å²) in [7, 11) is 0. The van der Waals surface area contributed by atoms with Crippen LogP contribution in [0.3, 0.4) is 0 Å². The normalized spacial score (nSPS) is 17.5. The van der Waals surface area contributed by atoms with E-state index in [0.717, 1.165) is 11.3 Å². The van der Waals surface area contributed by atoms with E-state index in [9.17, 15) is 0 Å². The van der Waals surface area contributed by atoms with Crippen LogP contribution in [0.4, 0.5) is 0 Å². The highest BCUT2D eigenvalue weighted by Crippen LogP contribution is 2.30. The van der Waals surface area contributed by atoms with Crippen LogP contribution in [0.15, 0.2) is 34.9 Å². The summed E-state index contributed by atoms with van der Waals surface area (Å²) >= 11 is 5.96. The third kappa shape index (κ3) is 3.19. The number of halogens is 1. The zero-order valence-corrected chi connectivity index (χ0v) is 15.1. The van der Waals surface area contributed by atoms with Gasteiger partial charge >= 0.3 is 0 Å². The molecule has 1 atom stereocenters. The van der Waals surface area contributed by atoms with Crippen LogP contribution in [0, 0.1) is 0 Å². The van der Waals surface area contributed by atoms with Crippen molar-refractivity contribution in [2.45, 2.75) is 45.4 Å². The lowest BCUT2D eigenvalue weighted by Crippen LogP contribution is -2.21. The average Bonchev–Trinajstić information content (AvgIpc) is 3.21. The van der Waals surface area contributed by atoms with Crippen molar-refractivity contribution in [2.75, 3.05) is 0 Å². The van der Waals surface area contributed by atoms with Gasteiger partial charge in [-0.3, -0.25) is 4.68 Å². The lowest BCUT2D eigenvalue weighted by molar-refractivity contribution is -0.00112. The SMILES string of the molecule is CC(C)(C)c1noc(-c2cc3n(n2)C[C@@H](c2ccc(Cl)cc2)OC3)n1. The molecule has 1 aromatic carbocycles. The molecule has 0 saturated carbocycles. The minimum atomic E-state index is -0.163. The van der Waals surface area contributed by atoms with E-state index in [1.807, 2.05) is 55.8 Å². The highest BCUT2D eigenvalue weighted by atomic mass is 35.5. The second-order valence-corrected chi connectivity index (χ2v) is 7.66. The monoisotopic (exact) mass is 358 g/mol. The molecule has 0 amide bonds. The summed E-state index contributed by atoms with van der Waals surface area (Å²) < 4.78 is 13.3. The smallest absolute Gasteiger partial charge is 0.278 e. The Labute approximate surface area is 150 Å². The standard InChI is InChI=1S/C18H19ClN4O2/c1-18(2,3)17-20-16(25-22-17)14-8-13-10-24-15(9-23(13)21-14)11-4-6-12(19)7-5-11/h4-8,15H,9-10H2,1-3H3/t15-/m0/s1. The largest absolute Gasteiger partial charge is 0.365 e. The van der Waals surface area contributed by atoms with E-state index in [1.165, 1.54) is 0 Å². The van der Waals surface area contributed by atoms with E-state index in [-0.39, 0.29) is 11.5 Å². The van der Waals surface area contributed by atoms with Gasteiger partial charge in [0, 0.05) is 10.4 Å². The van der Waals surface area contributed by atoms with E-state index in [1.54, 1.807) is 0 Å². The Morgan fingerprint density at radius 1 is 1.20 bits per heavy atom. The molecule has 7 heteroatoms. The van der Waals surface area contributed by atoms with Crippen LogP contribution in [0.25, 0.3) is 11.6 Å². The Morgan fingerprint density at radius 2 is 1.96 bits per heavy atom. The van der Waals surface area contributed by atoms with Crippen LogP contribution >= 0.6 is 11.6 Å². The van der Waals surface area contributed by atoms with Crippen molar-refractivity contribution in [2.24, 2.45) is 0 Å². The highest BCUT2D eigenvalue weighted by Gasteiger charge is 2.26. The maximum Gasteiger partial charge on any atom is 0.278 e. The van der Waals surface area contributed by atoms with Crippen LogP contribution in [-0.4, -0.2) is 19.9 Å². The molecule has 0 aliphatic carbocycles. The molecule has 0 unspecified atom stereocenters. The van der Waals surface area contributed by atoms with E-state index in [0.29, 0.717) is 35.6 Å².